The van der Waals surface area contributed by atoms with Crippen LogP contribution in [0.2, 0.25) is 0 Å². The van der Waals surface area contributed by atoms with Crippen molar-refractivity contribution in [2.45, 2.75) is 78.8 Å². The van der Waals surface area contributed by atoms with Crippen molar-refractivity contribution < 1.29 is 4.79 Å². The van der Waals surface area contributed by atoms with Gasteiger partial charge < -0.3 is 9.88 Å². The standard InChI is InChI=1S/C25H33N5O3/c1-4-5-13-29-23-22(24(32)28-25(29)33)30(15-16(2)3)20(27-23)11-12-21(31)26-19-10-9-17-7-6-8-18(17)14-19/h9-10,14,16H,4-8,11-13,15H2,1-3H3,(H,26,31)(H,28,32,33). The molecule has 1 amide bonds. The Balaban J connectivity index is 1.59. The minimum Gasteiger partial charge on any atom is -0.326 e. The van der Waals surface area contributed by atoms with Crippen molar-refractivity contribution in [2.24, 2.45) is 5.92 Å². The fourth-order valence-electron chi connectivity index (χ4n) is 4.59. The fourth-order valence-corrected chi connectivity index (χ4v) is 4.59. The van der Waals surface area contributed by atoms with E-state index in [9.17, 15) is 14.4 Å². The van der Waals surface area contributed by atoms with Crippen molar-refractivity contribution in [1.29, 1.82) is 0 Å². The second-order valence-electron chi connectivity index (χ2n) is 9.35. The van der Waals surface area contributed by atoms with Crippen LogP contribution < -0.4 is 16.6 Å². The monoisotopic (exact) mass is 451 g/mol. The highest BCUT2D eigenvalue weighted by molar-refractivity contribution is 5.91. The zero-order valence-electron chi connectivity index (χ0n) is 19.7. The molecule has 1 aliphatic carbocycles. The van der Waals surface area contributed by atoms with Crippen LogP contribution in [0.1, 0.15) is 63.4 Å². The van der Waals surface area contributed by atoms with Crippen LogP contribution in [0.3, 0.4) is 0 Å². The number of anilines is 1. The van der Waals surface area contributed by atoms with E-state index in [1.54, 1.807) is 4.57 Å². The number of rotatable bonds is 9. The maximum absolute atomic E-state index is 12.7. The number of aromatic nitrogens is 4. The molecule has 2 heterocycles. The minimum atomic E-state index is -0.434. The molecule has 1 aliphatic rings. The number of amides is 1. The molecule has 0 aliphatic heterocycles. The van der Waals surface area contributed by atoms with Gasteiger partial charge in [0.15, 0.2) is 11.2 Å². The summed E-state index contributed by atoms with van der Waals surface area (Å²) in [5.74, 6) is 0.842. The lowest BCUT2D eigenvalue weighted by atomic mass is 10.1. The molecule has 0 bridgehead atoms. The van der Waals surface area contributed by atoms with E-state index in [0.29, 0.717) is 36.5 Å². The van der Waals surface area contributed by atoms with Crippen molar-refractivity contribution >= 4 is 22.8 Å². The third-order valence-corrected chi connectivity index (χ3v) is 6.21. The van der Waals surface area contributed by atoms with E-state index in [2.05, 4.69) is 43.2 Å². The van der Waals surface area contributed by atoms with Gasteiger partial charge in [0.2, 0.25) is 5.91 Å². The highest BCUT2D eigenvalue weighted by Crippen LogP contribution is 2.25. The number of fused-ring (bicyclic) bond motifs is 2. The minimum absolute atomic E-state index is 0.0895. The summed E-state index contributed by atoms with van der Waals surface area (Å²) in [6.45, 7) is 7.28. The molecule has 8 nitrogen and oxygen atoms in total. The average molecular weight is 452 g/mol. The topological polar surface area (TPSA) is 102 Å². The van der Waals surface area contributed by atoms with E-state index < -0.39 is 11.2 Å². The number of unbranched alkanes of at least 4 members (excludes halogenated alkanes) is 1. The molecule has 0 fully saturated rings. The van der Waals surface area contributed by atoms with Gasteiger partial charge in [-0.2, -0.15) is 0 Å². The maximum atomic E-state index is 12.7. The molecule has 0 saturated heterocycles. The number of carbonyl (C=O) groups excluding carboxylic acids is 1. The molecule has 4 rings (SSSR count). The third kappa shape index (κ3) is 4.94. The van der Waals surface area contributed by atoms with Gasteiger partial charge in [0, 0.05) is 31.6 Å². The number of hydrogen-bond acceptors (Lipinski definition) is 4. The number of carbonyl (C=O) groups is 1. The zero-order chi connectivity index (χ0) is 23.5. The Kier molecular flexibility index (Phi) is 6.81. The number of H-pyrrole nitrogens is 1. The molecule has 0 atom stereocenters. The number of nitrogens with zero attached hydrogens (tertiary/aromatic N) is 3. The first-order valence-corrected chi connectivity index (χ1v) is 12.0. The lowest BCUT2D eigenvalue weighted by molar-refractivity contribution is -0.116. The van der Waals surface area contributed by atoms with Crippen LogP contribution in [-0.4, -0.2) is 25.0 Å². The largest absolute Gasteiger partial charge is 0.330 e. The van der Waals surface area contributed by atoms with Gasteiger partial charge in [-0.1, -0.05) is 33.3 Å². The van der Waals surface area contributed by atoms with Crippen LogP contribution in [-0.2, 0) is 37.1 Å². The molecule has 0 radical (unpaired) electrons. The molecule has 2 N–H and O–H groups in total. The van der Waals surface area contributed by atoms with Gasteiger partial charge in [0.1, 0.15) is 5.82 Å². The Morgan fingerprint density at radius 1 is 1.18 bits per heavy atom. The number of aromatic amines is 1. The Hall–Kier alpha value is -3.16. The van der Waals surface area contributed by atoms with Crippen LogP contribution >= 0.6 is 0 Å². The SMILES string of the molecule is CCCCn1c(=O)[nH]c(=O)c2c1nc(CCC(=O)Nc1ccc3c(c1)CCC3)n2CC(C)C. The highest BCUT2D eigenvalue weighted by Gasteiger charge is 2.20. The Labute approximate surface area is 193 Å². The van der Waals surface area contributed by atoms with Crippen molar-refractivity contribution in [2.75, 3.05) is 5.32 Å². The van der Waals surface area contributed by atoms with Gasteiger partial charge >= 0.3 is 5.69 Å². The molecule has 8 heteroatoms. The van der Waals surface area contributed by atoms with E-state index in [1.165, 1.54) is 17.5 Å². The summed E-state index contributed by atoms with van der Waals surface area (Å²) < 4.78 is 3.43. The van der Waals surface area contributed by atoms with Crippen LogP contribution in [0.5, 0.6) is 0 Å². The lowest BCUT2D eigenvalue weighted by Gasteiger charge is -2.12. The second kappa shape index (κ2) is 9.77. The highest BCUT2D eigenvalue weighted by atomic mass is 16.2. The number of aryl methyl sites for hydroxylation is 4. The zero-order valence-corrected chi connectivity index (χ0v) is 19.7. The number of nitrogens with one attached hydrogen (secondary N) is 2. The molecule has 3 aromatic rings. The molecular formula is C25H33N5O3. The first-order chi connectivity index (χ1) is 15.9. The molecule has 176 valence electrons. The van der Waals surface area contributed by atoms with Gasteiger partial charge in [0.25, 0.3) is 5.56 Å². The molecular weight excluding hydrogens is 418 g/mol. The summed E-state index contributed by atoms with van der Waals surface area (Å²) in [5.41, 5.74) is 3.47. The van der Waals surface area contributed by atoms with Crippen molar-refractivity contribution in [3.8, 4) is 0 Å². The predicted molar refractivity (Wildman–Crippen MR) is 130 cm³/mol. The number of imidazole rings is 1. The molecule has 0 spiro atoms. The second-order valence-corrected chi connectivity index (χ2v) is 9.35. The first-order valence-electron chi connectivity index (χ1n) is 12.0. The quantitative estimate of drug-likeness (QED) is 0.520. The number of hydrogen-bond donors (Lipinski definition) is 2. The third-order valence-electron chi connectivity index (χ3n) is 6.21. The van der Waals surface area contributed by atoms with Crippen molar-refractivity contribution in [3.05, 3.63) is 56.0 Å². The summed E-state index contributed by atoms with van der Waals surface area (Å²) in [7, 11) is 0. The van der Waals surface area contributed by atoms with E-state index in [0.717, 1.165) is 31.4 Å². The molecule has 0 saturated carbocycles. The summed E-state index contributed by atoms with van der Waals surface area (Å²) >= 11 is 0. The number of benzene rings is 1. The van der Waals surface area contributed by atoms with Crippen LogP contribution in [0, 0.1) is 5.92 Å². The molecule has 33 heavy (non-hydrogen) atoms. The summed E-state index contributed by atoms with van der Waals surface area (Å²) in [5, 5.41) is 3.00. The summed E-state index contributed by atoms with van der Waals surface area (Å²) in [4.78, 5) is 45.0. The average Bonchev–Trinajstić information content (AvgIpc) is 3.36. The summed E-state index contributed by atoms with van der Waals surface area (Å²) in [6.07, 6.45) is 5.72. The Morgan fingerprint density at radius 3 is 2.73 bits per heavy atom. The molecule has 2 aromatic heterocycles. The summed E-state index contributed by atoms with van der Waals surface area (Å²) in [6, 6.07) is 6.13. The van der Waals surface area contributed by atoms with Crippen molar-refractivity contribution in [3.63, 3.8) is 0 Å². The van der Waals surface area contributed by atoms with Gasteiger partial charge in [-0.05, 0) is 54.9 Å². The Bertz CT molecular complexity index is 1280. The lowest BCUT2D eigenvalue weighted by Crippen LogP contribution is -2.31. The van der Waals surface area contributed by atoms with E-state index in [4.69, 9.17) is 4.98 Å². The predicted octanol–water partition coefficient (Wildman–Crippen LogP) is 3.40. The van der Waals surface area contributed by atoms with E-state index in [1.807, 2.05) is 10.6 Å². The fraction of sp³-hybridized carbons (Fsp3) is 0.520. The van der Waals surface area contributed by atoms with Gasteiger partial charge in [-0.15, -0.1) is 0 Å². The molecule has 1 aromatic carbocycles. The van der Waals surface area contributed by atoms with E-state index in [-0.39, 0.29) is 18.2 Å². The first kappa shape index (κ1) is 23.0. The van der Waals surface area contributed by atoms with Gasteiger partial charge in [-0.3, -0.25) is 19.1 Å². The van der Waals surface area contributed by atoms with E-state index >= 15 is 0 Å². The smallest absolute Gasteiger partial charge is 0.326 e. The van der Waals surface area contributed by atoms with Gasteiger partial charge in [-0.25, -0.2) is 9.78 Å². The normalized spacial score (nSPS) is 13.1. The van der Waals surface area contributed by atoms with Crippen molar-refractivity contribution in [1.82, 2.24) is 19.1 Å². The van der Waals surface area contributed by atoms with Crippen LogP contribution in [0.25, 0.3) is 11.2 Å². The van der Waals surface area contributed by atoms with Crippen LogP contribution in [0.4, 0.5) is 5.69 Å². The molecule has 0 unspecified atom stereocenters. The van der Waals surface area contributed by atoms with Crippen LogP contribution in [0.15, 0.2) is 27.8 Å². The Morgan fingerprint density at radius 2 is 1.97 bits per heavy atom. The maximum Gasteiger partial charge on any atom is 0.330 e. The van der Waals surface area contributed by atoms with Gasteiger partial charge in [0.05, 0.1) is 0 Å².